The lowest BCUT2D eigenvalue weighted by Gasteiger charge is -2.21. The van der Waals surface area contributed by atoms with Gasteiger partial charge in [-0.2, -0.15) is 4.98 Å². The van der Waals surface area contributed by atoms with Gasteiger partial charge in [-0.05, 0) is 37.1 Å². The third-order valence-electron chi connectivity index (χ3n) is 4.73. The zero-order valence-electron chi connectivity index (χ0n) is 15.8. The minimum Gasteiger partial charge on any atom is -0.475 e. The monoisotopic (exact) mass is 381 g/mol. The van der Waals surface area contributed by atoms with E-state index in [4.69, 9.17) is 14.0 Å². The van der Waals surface area contributed by atoms with Gasteiger partial charge in [-0.1, -0.05) is 11.2 Å². The lowest BCUT2D eigenvalue weighted by molar-refractivity contribution is 0.144. The van der Waals surface area contributed by atoms with E-state index in [-0.39, 0.29) is 6.04 Å². The zero-order valence-corrected chi connectivity index (χ0v) is 15.8. The summed E-state index contributed by atoms with van der Waals surface area (Å²) in [6.07, 6.45) is 7.48. The van der Waals surface area contributed by atoms with E-state index in [1.165, 1.54) is 5.56 Å². The number of nitrogens with zero attached hydrogens (tertiary/aromatic N) is 5. The van der Waals surface area contributed by atoms with Gasteiger partial charge in [0.2, 0.25) is 17.6 Å². The van der Waals surface area contributed by atoms with Crippen molar-refractivity contribution in [1.29, 1.82) is 0 Å². The van der Waals surface area contributed by atoms with Crippen molar-refractivity contribution in [1.82, 2.24) is 25.0 Å². The van der Waals surface area contributed by atoms with E-state index in [9.17, 15) is 0 Å². The second kappa shape index (κ2) is 8.90. The van der Waals surface area contributed by atoms with E-state index >= 15 is 0 Å². The first kappa shape index (κ1) is 18.5. The van der Waals surface area contributed by atoms with E-state index in [0.717, 1.165) is 31.5 Å². The van der Waals surface area contributed by atoms with Crippen molar-refractivity contribution >= 4 is 0 Å². The lowest BCUT2D eigenvalue weighted by atomic mass is 10.2. The van der Waals surface area contributed by atoms with Gasteiger partial charge in [-0.25, -0.2) is 4.98 Å². The van der Waals surface area contributed by atoms with Crippen LogP contribution >= 0.6 is 0 Å². The van der Waals surface area contributed by atoms with Crippen LogP contribution in [0.4, 0.5) is 0 Å². The van der Waals surface area contributed by atoms with Crippen molar-refractivity contribution in [2.24, 2.45) is 0 Å². The molecule has 0 bridgehead atoms. The summed E-state index contributed by atoms with van der Waals surface area (Å²) in [7, 11) is 1.63. The van der Waals surface area contributed by atoms with Crippen molar-refractivity contribution in [2.75, 3.05) is 26.9 Å². The molecule has 1 aliphatic heterocycles. The van der Waals surface area contributed by atoms with Gasteiger partial charge in [-0.15, -0.1) is 0 Å². The average molecular weight is 381 g/mol. The quantitative estimate of drug-likeness (QED) is 0.551. The maximum atomic E-state index is 5.61. The predicted octanol–water partition coefficient (Wildman–Crippen LogP) is 2.89. The predicted molar refractivity (Wildman–Crippen MR) is 102 cm³/mol. The molecule has 0 saturated carbocycles. The van der Waals surface area contributed by atoms with Crippen LogP contribution in [0.5, 0.6) is 5.88 Å². The van der Waals surface area contributed by atoms with Crippen LogP contribution in [-0.2, 0) is 11.3 Å². The Morgan fingerprint density at radius 3 is 3.07 bits per heavy atom. The van der Waals surface area contributed by atoms with Gasteiger partial charge in [0, 0.05) is 43.9 Å². The van der Waals surface area contributed by atoms with Gasteiger partial charge in [0.1, 0.15) is 6.61 Å². The molecule has 146 valence electrons. The molecule has 1 atom stereocenters. The second-order valence-corrected chi connectivity index (χ2v) is 6.67. The highest BCUT2D eigenvalue weighted by Crippen LogP contribution is 2.33. The fourth-order valence-electron chi connectivity index (χ4n) is 3.37. The molecular weight excluding hydrogens is 358 g/mol. The molecule has 1 saturated heterocycles. The molecule has 4 rings (SSSR count). The van der Waals surface area contributed by atoms with E-state index in [2.05, 4.69) is 31.1 Å². The number of hydrogen-bond donors (Lipinski definition) is 0. The number of likely N-dealkylation sites (tertiary alicyclic amines) is 1. The fourth-order valence-corrected chi connectivity index (χ4v) is 3.37. The van der Waals surface area contributed by atoms with Crippen LogP contribution in [0, 0.1) is 0 Å². The first-order valence-electron chi connectivity index (χ1n) is 9.38. The Hall–Kier alpha value is -2.84. The largest absolute Gasteiger partial charge is 0.475 e. The Bertz CT molecular complexity index is 886. The highest BCUT2D eigenvalue weighted by Gasteiger charge is 2.30. The molecule has 8 heteroatoms. The van der Waals surface area contributed by atoms with E-state index < -0.39 is 0 Å². The van der Waals surface area contributed by atoms with Crippen LogP contribution in [0.3, 0.4) is 0 Å². The standard InChI is InChI=1S/C20H23N5O3/c1-26-10-11-27-18-12-16(6-8-22-18)19-23-20(28-24-19)17-5-3-9-25(17)14-15-4-2-7-21-13-15/h2,4,6-8,12-13,17H,3,5,9-11,14H2,1H3/t17-/m0/s1. The Kier molecular flexibility index (Phi) is 5.89. The van der Waals surface area contributed by atoms with E-state index in [1.54, 1.807) is 19.5 Å². The Morgan fingerprint density at radius 2 is 2.21 bits per heavy atom. The molecule has 28 heavy (non-hydrogen) atoms. The van der Waals surface area contributed by atoms with Crippen LogP contribution < -0.4 is 4.74 Å². The van der Waals surface area contributed by atoms with E-state index in [0.29, 0.717) is 30.8 Å². The topological polar surface area (TPSA) is 86.4 Å². The summed E-state index contributed by atoms with van der Waals surface area (Å²) in [4.78, 5) is 15.4. The summed E-state index contributed by atoms with van der Waals surface area (Å²) in [6, 6.07) is 7.83. The van der Waals surface area contributed by atoms with E-state index in [1.807, 2.05) is 24.4 Å². The minimum absolute atomic E-state index is 0.126. The molecule has 0 aliphatic carbocycles. The fraction of sp³-hybridized carbons (Fsp3) is 0.400. The molecule has 0 aromatic carbocycles. The Labute approximate surface area is 163 Å². The van der Waals surface area contributed by atoms with Crippen molar-refractivity contribution in [3.8, 4) is 17.3 Å². The third-order valence-corrected chi connectivity index (χ3v) is 4.73. The second-order valence-electron chi connectivity index (χ2n) is 6.67. The molecule has 0 spiro atoms. The Morgan fingerprint density at radius 1 is 1.25 bits per heavy atom. The lowest BCUT2D eigenvalue weighted by Crippen LogP contribution is -2.23. The third kappa shape index (κ3) is 4.35. The van der Waals surface area contributed by atoms with Crippen molar-refractivity contribution in [3.63, 3.8) is 0 Å². The summed E-state index contributed by atoms with van der Waals surface area (Å²) in [5.74, 6) is 1.71. The SMILES string of the molecule is COCCOc1cc(-c2noc([C@@H]3CCCN3Cc3cccnc3)n2)ccn1. The first-order valence-corrected chi connectivity index (χ1v) is 9.38. The number of rotatable bonds is 8. The summed E-state index contributed by atoms with van der Waals surface area (Å²) in [6.45, 7) is 2.77. The Balaban J connectivity index is 1.47. The molecule has 0 N–H and O–H groups in total. The van der Waals surface area contributed by atoms with Crippen LogP contribution in [0.15, 0.2) is 47.4 Å². The molecular formula is C20H23N5O3. The maximum Gasteiger partial charge on any atom is 0.244 e. The molecule has 1 aliphatic rings. The van der Waals surface area contributed by atoms with Crippen LogP contribution in [0.25, 0.3) is 11.4 Å². The molecule has 4 heterocycles. The molecule has 0 unspecified atom stereocenters. The summed E-state index contributed by atoms with van der Waals surface area (Å²) in [5, 5.41) is 4.18. The van der Waals surface area contributed by atoms with Gasteiger partial charge in [0.05, 0.1) is 12.6 Å². The molecule has 3 aromatic rings. The summed E-state index contributed by atoms with van der Waals surface area (Å²) < 4.78 is 16.2. The maximum absolute atomic E-state index is 5.61. The molecule has 0 radical (unpaired) electrons. The average Bonchev–Trinajstić information content (AvgIpc) is 3.39. The number of pyridine rings is 2. The number of hydrogen-bond acceptors (Lipinski definition) is 8. The van der Waals surface area contributed by atoms with Crippen molar-refractivity contribution < 1.29 is 14.0 Å². The smallest absolute Gasteiger partial charge is 0.244 e. The summed E-state index contributed by atoms with van der Waals surface area (Å²) in [5.41, 5.74) is 2.00. The number of methoxy groups -OCH3 is 1. The van der Waals surface area contributed by atoms with Crippen LogP contribution in [0.1, 0.15) is 30.3 Å². The van der Waals surface area contributed by atoms with Crippen LogP contribution in [0.2, 0.25) is 0 Å². The molecule has 1 fully saturated rings. The number of aromatic nitrogens is 4. The first-order chi connectivity index (χ1) is 13.8. The number of ether oxygens (including phenoxy) is 2. The van der Waals surface area contributed by atoms with Crippen LogP contribution in [-0.4, -0.2) is 51.9 Å². The molecule has 3 aromatic heterocycles. The summed E-state index contributed by atoms with van der Waals surface area (Å²) >= 11 is 0. The van der Waals surface area contributed by atoms with Crippen molar-refractivity contribution in [3.05, 3.63) is 54.3 Å². The molecule has 8 nitrogen and oxygen atoms in total. The molecule has 0 amide bonds. The highest BCUT2D eigenvalue weighted by atomic mass is 16.5. The van der Waals surface area contributed by atoms with Gasteiger partial charge in [-0.3, -0.25) is 9.88 Å². The normalized spacial score (nSPS) is 17.1. The van der Waals surface area contributed by atoms with Gasteiger partial charge in [0.15, 0.2) is 0 Å². The minimum atomic E-state index is 0.126. The van der Waals surface area contributed by atoms with Gasteiger partial charge < -0.3 is 14.0 Å². The van der Waals surface area contributed by atoms with Crippen molar-refractivity contribution in [2.45, 2.75) is 25.4 Å². The van der Waals surface area contributed by atoms with Gasteiger partial charge >= 0.3 is 0 Å². The highest BCUT2D eigenvalue weighted by molar-refractivity contribution is 5.55. The zero-order chi connectivity index (χ0) is 19.2. The van der Waals surface area contributed by atoms with Gasteiger partial charge in [0.25, 0.3) is 0 Å².